The number of fused-ring (bicyclic) bond motifs is 3. The molecule has 7 heteroatoms. The second-order valence-corrected chi connectivity index (χ2v) is 23.9. The summed E-state index contributed by atoms with van der Waals surface area (Å²) in [6.45, 7) is 33.8. The van der Waals surface area contributed by atoms with E-state index in [-0.39, 0.29) is 48.1 Å². The quantitative estimate of drug-likeness (QED) is 0.118. The van der Waals surface area contributed by atoms with Crippen LogP contribution in [0.25, 0.3) is 61.5 Å². The Morgan fingerprint density at radius 2 is 1.10 bits per heavy atom. The van der Waals surface area contributed by atoms with Crippen LogP contribution in [0.2, 0.25) is 0 Å². The molecule has 70 heavy (non-hydrogen) atoms. The first-order valence-corrected chi connectivity index (χ1v) is 24.3. The van der Waals surface area contributed by atoms with Crippen molar-refractivity contribution in [1.82, 2.24) is 19.2 Å². The summed E-state index contributed by atoms with van der Waals surface area (Å²) in [7, 11) is 0. The van der Waals surface area contributed by atoms with Gasteiger partial charge in [-0.05, 0) is 84.0 Å². The molecule has 0 radical (unpaired) electrons. The maximum Gasteiger partial charge on any atom is 0.272 e. The Labute approximate surface area is 431 Å². The van der Waals surface area contributed by atoms with Gasteiger partial charge in [0.15, 0.2) is 5.82 Å². The number of aromatic nitrogens is 5. The Bertz CT molecular complexity index is 3340. The molecular weight excluding hydrogens is 1040 g/mol. The average Bonchev–Trinajstić information content (AvgIpc) is 3.88. The Morgan fingerprint density at radius 3 is 1.74 bits per heavy atom. The van der Waals surface area contributed by atoms with Crippen molar-refractivity contribution in [1.29, 1.82) is 0 Å². The minimum Gasteiger partial charge on any atom is -0.510 e. The van der Waals surface area contributed by atoms with Crippen molar-refractivity contribution in [3.8, 4) is 51.2 Å². The van der Waals surface area contributed by atoms with E-state index in [4.69, 9.17) is 14.8 Å². The van der Waals surface area contributed by atoms with Gasteiger partial charge in [0.25, 0.3) is 6.33 Å². The molecule has 0 bridgehead atoms. The van der Waals surface area contributed by atoms with E-state index in [0.717, 1.165) is 67.1 Å². The zero-order chi connectivity index (χ0) is 49.4. The number of nitrogens with zero attached hydrogens (tertiary/aromatic N) is 5. The van der Waals surface area contributed by atoms with Crippen LogP contribution in [0.15, 0.2) is 134 Å². The molecule has 0 aliphatic heterocycles. The zero-order valence-electron chi connectivity index (χ0n) is 43.7. The molecule has 9 rings (SSSR count). The standard InChI is InChI=1S/C63H67N5O.Pt/c1-59(2,3)42-25-27-51(41-21-17-16-18-22-41)54(36-42)58-65-67(48-33-44(61(7,8)9)31-45(34-48)62(10,11)12)40-66(58)47-32-46(63(13,14)15)35-50(38-47)69-49-26-28-53-52-23-19-20-24-55(52)68(56(53)39-49)57-37-43(29-30-64-57)60(4,5)6;/h16-37H,1-15H3;/q-2;. The predicted octanol–water partition coefficient (Wildman–Crippen LogP) is 15.7. The predicted molar refractivity (Wildman–Crippen MR) is 285 cm³/mol. The molecule has 0 saturated heterocycles. The Kier molecular flexibility index (Phi) is 13.1. The summed E-state index contributed by atoms with van der Waals surface area (Å²) in [5, 5.41) is 7.76. The second kappa shape index (κ2) is 18.3. The SMILES string of the molecule is CC(C)(C)c1cc(Oc2[c-]c3c(cc2)c2ccccc2n3-c2cc(C(C)(C)C)ccn2)[c-]c(-n2[c-][n+](-c3cc(C(C)(C)C)cc(C(C)(C)C)c3)nc2-c2cc(C(C)(C)C)ccc2-c2ccccc2)c1.[Pt]. The molecule has 3 heterocycles. The molecule has 0 N–H and O–H groups in total. The van der Waals surface area contributed by atoms with Crippen LogP contribution in [0.5, 0.6) is 11.5 Å². The fourth-order valence-corrected chi connectivity index (χ4v) is 8.86. The Hall–Kier alpha value is -6.10. The van der Waals surface area contributed by atoms with E-state index in [1.807, 2.05) is 16.9 Å². The summed E-state index contributed by atoms with van der Waals surface area (Å²) in [6, 6.07) is 53.0. The molecule has 3 aromatic heterocycles. The van der Waals surface area contributed by atoms with E-state index in [1.54, 1.807) is 0 Å². The molecule has 0 fully saturated rings. The largest absolute Gasteiger partial charge is 0.510 e. The van der Waals surface area contributed by atoms with Crippen molar-refractivity contribution in [2.75, 3.05) is 0 Å². The van der Waals surface area contributed by atoms with Gasteiger partial charge in [-0.2, -0.15) is 22.4 Å². The third-order valence-corrected chi connectivity index (χ3v) is 13.3. The topological polar surface area (TPSA) is 48.8 Å². The maximum atomic E-state index is 6.95. The van der Waals surface area contributed by atoms with Crippen molar-refractivity contribution >= 4 is 21.8 Å². The van der Waals surface area contributed by atoms with Crippen molar-refractivity contribution in [3.63, 3.8) is 0 Å². The number of ether oxygens (including phenoxy) is 1. The molecule has 0 spiro atoms. The summed E-state index contributed by atoms with van der Waals surface area (Å²) in [6.07, 6.45) is 5.68. The van der Waals surface area contributed by atoms with Gasteiger partial charge in [-0.1, -0.05) is 200 Å². The molecule has 0 saturated carbocycles. The van der Waals surface area contributed by atoms with E-state index in [2.05, 4.69) is 253 Å². The van der Waals surface area contributed by atoms with Crippen LogP contribution in [-0.4, -0.2) is 19.2 Å². The fraction of sp³-hybridized carbons (Fsp3) is 0.317. The van der Waals surface area contributed by atoms with Crippen molar-refractivity contribution < 1.29 is 30.5 Å². The average molecular weight is 1110 g/mol. The first-order chi connectivity index (χ1) is 32.3. The Morgan fingerprint density at radius 1 is 0.500 bits per heavy atom. The molecule has 0 aliphatic carbocycles. The van der Waals surface area contributed by atoms with Crippen LogP contribution in [-0.2, 0) is 48.1 Å². The third kappa shape index (κ3) is 10.1. The van der Waals surface area contributed by atoms with Gasteiger partial charge in [0.1, 0.15) is 5.82 Å². The number of hydrogen-bond acceptors (Lipinski definition) is 3. The number of pyridine rings is 1. The van der Waals surface area contributed by atoms with E-state index in [1.165, 1.54) is 22.3 Å². The number of benzene rings is 6. The van der Waals surface area contributed by atoms with E-state index in [9.17, 15) is 0 Å². The van der Waals surface area contributed by atoms with Crippen molar-refractivity contribution in [2.45, 2.75) is 131 Å². The van der Waals surface area contributed by atoms with E-state index < -0.39 is 0 Å². The van der Waals surface area contributed by atoms with Gasteiger partial charge in [-0.15, -0.1) is 34.8 Å². The molecule has 0 amide bonds. The number of rotatable bonds is 7. The van der Waals surface area contributed by atoms with E-state index in [0.29, 0.717) is 11.5 Å². The van der Waals surface area contributed by atoms with Crippen LogP contribution in [0.4, 0.5) is 0 Å². The van der Waals surface area contributed by atoms with Crippen molar-refractivity contribution in [2.24, 2.45) is 0 Å². The summed E-state index contributed by atoms with van der Waals surface area (Å²) in [5.41, 5.74) is 12.3. The van der Waals surface area contributed by atoms with Gasteiger partial charge in [0, 0.05) is 49.8 Å². The number of hydrogen-bond donors (Lipinski definition) is 0. The normalized spacial score (nSPS) is 12.7. The van der Waals surface area contributed by atoms with Crippen molar-refractivity contribution in [3.05, 3.63) is 180 Å². The van der Waals surface area contributed by atoms with Crippen LogP contribution in [0.1, 0.15) is 132 Å². The molecule has 0 aliphatic rings. The van der Waals surface area contributed by atoms with E-state index >= 15 is 0 Å². The molecule has 9 aromatic rings. The van der Waals surface area contributed by atoms with Gasteiger partial charge < -0.3 is 13.9 Å². The second-order valence-electron chi connectivity index (χ2n) is 23.9. The van der Waals surface area contributed by atoms with Crippen LogP contribution < -0.4 is 9.42 Å². The molecule has 0 unspecified atom stereocenters. The molecule has 6 aromatic carbocycles. The monoisotopic (exact) mass is 1100 g/mol. The summed E-state index contributed by atoms with van der Waals surface area (Å²) < 4.78 is 13.2. The minimum absolute atomic E-state index is 0. The zero-order valence-corrected chi connectivity index (χ0v) is 45.9. The minimum atomic E-state index is -0.244. The maximum absolute atomic E-state index is 6.95. The first-order valence-electron chi connectivity index (χ1n) is 24.3. The molecule has 0 atom stereocenters. The molecular formula is C63H67N5OPt-2. The summed E-state index contributed by atoms with van der Waals surface area (Å²) in [5.74, 6) is 2.73. The summed E-state index contributed by atoms with van der Waals surface area (Å²) >= 11 is 0. The van der Waals surface area contributed by atoms with Gasteiger partial charge >= 0.3 is 0 Å². The number of para-hydroxylation sites is 1. The molecule has 6 nitrogen and oxygen atoms in total. The van der Waals surface area contributed by atoms with Gasteiger partial charge in [-0.25, -0.2) is 4.98 Å². The summed E-state index contributed by atoms with van der Waals surface area (Å²) in [4.78, 5) is 4.91. The van der Waals surface area contributed by atoms with Crippen LogP contribution in [0.3, 0.4) is 0 Å². The van der Waals surface area contributed by atoms with Crippen LogP contribution in [0, 0.1) is 18.5 Å². The molecule has 362 valence electrons. The first kappa shape index (κ1) is 50.3. The Balaban J connectivity index is 0.00000659. The van der Waals surface area contributed by atoms with Crippen LogP contribution >= 0.6 is 0 Å². The third-order valence-electron chi connectivity index (χ3n) is 13.3. The van der Waals surface area contributed by atoms with Gasteiger partial charge in [0.05, 0.1) is 5.69 Å². The smallest absolute Gasteiger partial charge is 0.272 e. The fourth-order valence-electron chi connectivity index (χ4n) is 8.86. The van der Waals surface area contributed by atoms with Gasteiger partial charge in [-0.3, -0.25) is 0 Å². The van der Waals surface area contributed by atoms with Gasteiger partial charge in [0.2, 0.25) is 0 Å².